The molecule has 0 heterocycles. The molecule has 0 radical (unpaired) electrons. The molecule has 0 spiro atoms. The lowest BCUT2D eigenvalue weighted by molar-refractivity contribution is -0.352. The first-order valence-electron chi connectivity index (χ1n) is 7.02. The second-order valence-electron chi connectivity index (χ2n) is 5.62. The van der Waals surface area contributed by atoms with E-state index in [9.17, 15) is 35.8 Å². The Morgan fingerprint density at radius 1 is 0.917 bits per heavy atom. The zero-order chi connectivity index (χ0) is 18.8. The standard InChI is InChI=1S/C15H17F7O2/c1-3-8-24-11-6-4-10(5-7-11)12(2,23)9-13(16,14(17,18)19)15(20,21)22/h4-7,23H,3,8-9H2,1-2H3. The van der Waals surface area contributed by atoms with Crippen molar-refractivity contribution in [2.45, 2.75) is 50.3 Å². The highest BCUT2D eigenvalue weighted by atomic mass is 19.4. The van der Waals surface area contributed by atoms with Crippen LogP contribution in [-0.4, -0.2) is 29.7 Å². The van der Waals surface area contributed by atoms with Gasteiger partial charge in [0.15, 0.2) is 0 Å². The van der Waals surface area contributed by atoms with Gasteiger partial charge in [-0.2, -0.15) is 26.3 Å². The summed E-state index contributed by atoms with van der Waals surface area (Å²) in [6.45, 7) is 2.90. The normalized spacial score (nSPS) is 15.9. The van der Waals surface area contributed by atoms with Crippen molar-refractivity contribution in [1.29, 1.82) is 0 Å². The molecule has 0 bridgehead atoms. The first-order valence-corrected chi connectivity index (χ1v) is 7.02. The summed E-state index contributed by atoms with van der Waals surface area (Å²) in [6.07, 6.45) is -13.9. The van der Waals surface area contributed by atoms with Crippen molar-refractivity contribution in [3.05, 3.63) is 29.8 Å². The molecule has 1 aromatic carbocycles. The molecule has 0 aromatic heterocycles. The van der Waals surface area contributed by atoms with Gasteiger partial charge in [0.25, 0.3) is 0 Å². The molecule has 24 heavy (non-hydrogen) atoms. The zero-order valence-electron chi connectivity index (χ0n) is 12.9. The molecular formula is C15H17F7O2. The average molecular weight is 362 g/mol. The van der Waals surface area contributed by atoms with E-state index in [1.807, 2.05) is 6.92 Å². The van der Waals surface area contributed by atoms with Gasteiger partial charge in [0.1, 0.15) is 5.75 Å². The van der Waals surface area contributed by atoms with Crippen LogP contribution in [0.4, 0.5) is 30.7 Å². The van der Waals surface area contributed by atoms with Crippen molar-refractivity contribution in [2.75, 3.05) is 6.61 Å². The first-order chi connectivity index (χ1) is 10.7. The van der Waals surface area contributed by atoms with Crippen LogP contribution in [0.25, 0.3) is 0 Å². The Bertz CT molecular complexity index is 518. The number of aliphatic hydroxyl groups is 1. The Labute approximate surface area is 134 Å². The van der Waals surface area contributed by atoms with Crippen LogP contribution in [0.3, 0.4) is 0 Å². The lowest BCUT2D eigenvalue weighted by Crippen LogP contribution is -2.56. The van der Waals surface area contributed by atoms with Crippen molar-refractivity contribution >= 4 is 0 Å². The molecule has 9 heteroatoms. The SMILES string of the molecule is CCCOc1ccc(C(C)(O)CC(F)(C(F)(F)F)C(F)(F)F)cc1. The third kappa shape index (κ3) is 4.31. The van der Waals surface area contributed by atoms with Crippen molar-refractivity contribution in [3.63, 3.8) is 0 Å². The third-order valence-corrected chi connectivity index (χ3v) is 3.44. The molecule has 0 aliphatic rings. The summed E-state index contributed by atoms with van der Waals surface area (Å²) in [5, 5.41) is 10.0. The second kappa shape index (κ2) is 6.78. The van der Waals surface area contributed by atoms with Gasteiger partial charge in [-0.1, -0.05) is 19.1 Å². The van der Waals surface area contributed by atoms with Gasteiger partial charge in [0, 0.05) is 6.42 Å². The van der Waals surface area contributed by atoms with E-state index in [4.69, 9.17) is 4.74 Å². The Morgan fingerprint density at radius 2 is 1.38 bits per heavy atom. The average Bonchev–Trinajstić information content (AvgIpc) is 2.42. The van der Waals surface area contributed by atoms with Gasteiger partial charge in [-0.3, -0.25) is 0 Å². The van der Waals surface area contributed by atoms with Crippen LogP contribution in [0.15, 0.2) is 24.3 Å². The molecular weight excluding hydrogens is 345 g/mol. The quantitative estimate of drug-likeness (QED) is 0.729. The van der Waals surface area contributed by atoms with E-state index in [2.05, 4.69) is 0 Å². The predicted molar refractivity (Wildman–Crippen MR) is 72.4 cm³/mol. The number of hydrogen-bond acceptors (Lipinski definition) is 2. The summed E-state index contributed by atoms with van der Waals surface area (Å²) in [7, 11) is 0. The van der Waals surface area contributed by atoms with Gasteiger partial charge in [-0.15, -0.1) is 0 Å². The molecule has 0 amide bonds. The van der Waals surface area contributed by atoms with Crippen molar-refractivity contribution in [3.8, 4) is 5.75 Å². The number of benzene rings is 1. The fourth-order valence-electron chi connectivity index (χ4n) is 2.07. The Kier molecular flexibility index (Phi) is 5.80. The molecule has 138 valence electrons. The summed E-state index contributed by atoms with van der Waals surface area (Å²) < 4.78 is 94.8. The summed E-state index contributed by atoms with van der Waals surface area (Å²) in [5.41, 5.74) is -8.51. The highest BCUT2D eigenvalue weighted by Crippen LogP contribution is 2.51. The highest BCUT2D eigenvalue weighted by molar-refractivity contribution is 5.31. The molecule has 0 aliphatic carbocycles. The molecule has 1 N–H and O–H groups in total. The van der Waals surface area contributed by atoms with Gasteiger partial charge >= 0.3 is 18.0 Å². The largest absolute Gasteiger partial charge is 0.494 e. The minimum absolute atomic E-state index is 0.290. The lowest BCUT2D eigenvalue weighted by Gasteiger charge is -2.36. The van der Waals surface area contributed by atoms with E-state index in [0.29, 0.717) is 25.7 Å². The first kappa shape index (κ1) is 20.5. The fourth-order valence-corrected chi connectivity index (χ4v) is 2.07. The van der Waals surface area contributed by atoms with Crippen LogP contribution in [0.2, 0.25) is 0 Å². The number of ether oxygens (including phenoxy) is 1. The topological polar surface area (TPSA) is 29.5 Å². The molecule has 1 unspecified atom stereocenters. The van der Waals surface area contributed by atoms with Gasteiger partial charge < -0.3 is 9.84 Å². The molecule has 1 rings (SSSR count). The Hall–Kier alpha value is -1.51. The maximum absolute atomic E-state index is 13.8. The fraction of sp³-hybridized carbons (Fsp3) is 0.600. The van der Waals surface area contributed by atoms with Crippen LogP contribution in [0, 0.1) is 0 Å². The Balaban J connectivity index is 3.10. The Morgan fingerprint density at radius 3 is 1.75 bits per heavy atom. The molecule has 1 atom stereocenters. The third-order valence-electron chi connectivity index (χ3n) is 3.44. The van der Waals surface area contributed by atoms with E-state index in [0.717, 1.165) is 12.1 Å². The number of rotatable bonds is 6. The van der Waals surface area contributed by atoms with Gasteiger partial charge in [-0.05, 0) is 31.0 Å². The number of hydrogen-bond donors (Lipinski definition) is 1. The minimum atomic E-state index is -6.21. The van der Waals surface area contributed by atoms with Crippen LogP contribution >= 0.6 is 0 Å². The summed E-state index contributed by atoms with van der Waals surface area (Å²) >= 11 is 0. The van der Waals surface area contributed by atoms with Crippen LogP contribution in [0.1, 0.15) is 32.3 Å². The van der Waals surface area contributed by atoms with Crippen molar-refractivity contribution in [1.82, 2.24) is 0 Å². The number of alkyl halides is 7. The second-order valence-corrected chi connectivity index (χ2v) is 5.62. The minimum Gasteiger partial charge on any atom is -0.494 e. The lowest BCUT2D eigenvalue weighted by atomic mass is 9.83. The molecule has 0 saturated carbocycles. The van der Waals surface area contributed by atoms with E-state index < -0.39 is 30.0 Å². The zero-order valence-corrected chi connectivity index (χ0v) is 12.9. The van der Waals surface area contributed by atoms with Gasteiger partial charge in [0.2, 0.25) is 0 Å². The van der Waals surface area contributed by atoms with E-state index in [1.165, 1.54) is 12.1 Å². The molecule has 2 nitrogen and oxygen atoms in total. The van der Waals surface area contributed by atoms with Crippen molar-refractivity contribution in [2.24, 2.45) is 0 Å². The van der Waals surface area contributed by atoms with Crippen LogP contribution < -0.4 is 4.74 Å². The van der Waals surface area contributed by atoms with Gasteiger partial charge in [-0.25, -0.2) is 4.39 Å². The molecule has 0 fully saturated rings. The predicted octanol–water partition coefficient (Wildman–Crippen LogP) is 4.91. The van der Waals surface area contributed by atoms with E-state index in [1.54, 1.807) is 0 Å². The maximum atomic E-state index is 13.8. The van der Waals surface area contributed by atoms with E-state index in [-0.39, 0.29) is 5.56 Å². The monoisotopic (exact) mass is 362 g/mol. The van der Waals surface area contributed by atoms with E-state index >= 15 is 0 Å². The number of halogens is 7. The van der Waals surface area contributed by atoms with Gasteiger partial charge in [0.05, 0.1) is 12.2 Å². The maximum Gasteiger partial charge on any atom is 0.431 e. The summed E-state index contributed by atoms with van der Waals surface area (Å²) in [5.74, 6) is 0.328. The molecule has 0 aliphatic heterocycles. The highest BCUT2D eigenvalue weighted by Gasteiger charge is 2.73. The smallest absolute Gasteiger partial charge is 0.431 e. The molecule has 1 aromatic rings. The molecule has 0 saturated heterocycles. The van der Waals surface area contributed by atoms with Crippen LogP contribution in [-0.2, 0) is 5.60 Å². The van der Waals surface area contributed by atoms with Crippen molar-refractivity contribution < 1.29 is 40.6 Å². The van der Waals surface area contributed by atoms with Crippen LogP contribution in [0.5, 0.6) is 5.75 Å². The summed E-state index contributed by atoms with van der Waals surface area (Å²) in [4.78, 5) is 0. The summed E-state index contributed by atoms with van der Waals surface area (Å²) in [6, 6.07) is 4.75.